The number of nitrogens with one attached hydrogen (secondary N) is 1. The maximum absolute atomic E-state index is 12.1. The monoisotopic (exact) mass is 385 g/mol. The Bertz CT molecular complexity index is 601. The summed E-state index contributed by atoms with van der Waals surface area (Å²) in [5.41, 5.74) is 1.30. The molecule has 0 atom stereocenters. The SMILES string of the molecule is O=C(Nc1cccc(Br)c1)c1cc(S)ccc1Br. The predicted molar refractivity (Wildman–Crippen MR) is 83.5 cm³/mol. The summed E-state index contributed by atoms with van der Waals surface area (Å²) in [5.74, 6) is -0.170. The van der Waals surface area contributed by atoms with Gasteiger partial charge in [0.15, 0.2) is 0 Å². The van der Waals surface area contributed by atoms with E-state index in [9.17, 15) is 4.79 Å². The fourth-order valence-electron chi connectivity index (χ4n) is 1.45. The van der Waals surface area contributed by atoms with Gasteiger partial charge in [-0.05, 0) is 52.3 Å². The van der Waals surface area contributed by atoms with Gasteiger partial charge in [0.05, 0.1) is 5.56 Å². The maximum atomic E-state index is 12.1. The molecule has 18 heavy (non-hydrogen) atoms. The second kappa shape index (κ2) is 5.91. The third-order valence-electron chi connectivity index (χ3n) is 2.28. The molecule has 92 valence electrons. The third-order valence-corrected chi connectivity index (χ3v) is 3.74. The van der Waals surface area contributed by atoms with Crippen LogP contribution >= 0.6 is 44.5 Å². The summed E-state index contributed by atoms with van der Waals surface area (Å²) in [7, 11) is 0. The average Bonchev–Trinajstić information content (AvgIpc) is 2.32. The topological polar surface area (TPSA) is 29.1 Å². The summed E-state index contributed by atoms with van der Waals surface area (Å²) in [5, 5.41) is 2.83. The molecule has 0 spiro atoms. The van der Waals surface area contributed by atoms with E-state index in [-0.39, 0.29) is 5.91 Å². The van der Waals surface area contributed by atoms with Gasteiger partial charge in [-0.1, -0.05) is 22.0 Å². The summed E-state index contributed by atoms with van der Waals surface area (Å²) in [6, 6.07) is 12.8. The van der Waals surface area contributed by atoms with Crippen LogP contribution in [-0.4, -0.2) is 5.91 Å². The standard InChI is InChI=1S/C13H9Br2NOS/c14-8-2-1-3-9(6-8)16-13(17)11-7-10(18)4-5-12(11)15/h1-7,18H,(H,16,17). The summed E-state index contributed by atoms with van der Waals surface area (Å²) >= 11 is 10.9. The van der Waals surface area contributed by atoms with E-state index in [1.165, 1.54) is 0 Å². The minimum atomic E-state index is -0.170. The van der Waals surface area contributed by atoms with Gasteiger partial charge in [0.2, 0.25) is 0 Å². The number of hydrogen-bond acceptors (Lipinski definition) is 2. The molecule has 0 aliphatic rings. The van der Waals surface area contributed by atoms with Gasteiger partial charge in [0.25, 0.3) is 5.91 Å². The number of anilines is 1. The molecular weight excluding hydrogens is 378 g/mol. The lowest BCUT2D eigenvalue weighted by atomic mass is 10.2. The van der Waals surface area contributed by atoms with Gasteiger partial charge in [-0.25, -0.2) is 0 Å². The number of carbonyl (C=O) groups excluding carboxylic acids is 1. The van der Waals surface area contributed by atoms with E-state index in [0.717, 1.165) is 19.5 Å². The van der Waals surface area contributed by atoms with Gasteiger partial charge >= 0.3 is 0 Å². The summed E-state index contributed by atoms with van der Waals surface area (Å²) < 4.78 is 1.66. The van der Waals surface area contributed by atoms with Crippen molar-refractivity contribution in [3.63, 3.8) is 0 Å². The first kappa shape index (κ1) is 13.6. The fraction of sp³-hybridized carbons (Fsp3) is 0. The largest absolute Gasteiger partial charge is 0.322 e. The molecule has 0 aliphatic carbocycles. The molecule has 0 aliphatic heterocycles. The summed E-state index contributed by atoms with van der Waals surface area (Å²) in [6.45, 7) is 0. The van der Waals surface area contributed by atoms with Gasteiger partial charge < -0.3 is 5.32 Å². The zero-order valence-corrected chi connectivity index (χ0v) is 13.2. The van der Waals surface area contributed by atoms with Crippen molar-refractivity contribution in [3.05, 3.63) is 57.0 Å². The number of benzene rings is 2. The minimum Gasteiger partial charge on any atom is -0.322 e. The van der Waals surface area contributed by atoms with Gasteiger partial charge in [0.1, 0.15) is 0 Å². The van der Waals surface area contributed by atoms with Crippen molar-refractivity contribution >= 4 is 56.1 Å². The number of hydrogen-bond donors (Lipinski definition) is 2. The molecule has 1 N–H and O–H groups in total. The molecule has 0 aromatic heterocycles. The quantitative estimate of drug-likeness (QED) is 0.716. The van der Waals surface area contributed by atoms with Gasteiger partial charge in [-0.3, -0.25) is 4.79 Å². The van der Waals surface area contributed by atoms with Crippen molar-refractivity contribution < 1.29 is 4.79 Å². The van der Waals surface area contributed by atoms with Crippen molar-refractivity contribution in [2.24, 2.45) is 0 Å². The Morgan fingerprint density at radius 2 is 1.89 bits per heavy atom. The van der Waals surface area contributed by atoms with E-state index in [1.54, 1.807) is 12.1 Å². The van der Waals surface area contributed by atoms with Crippen LogP contribution in [0.2, 0.25) is 0 Å². The molecule has 0 saturated carbocycles. The second-order valence-electron chi connectivity index (χ2n) is 3.63. The van der Waals surface area contributed by atoms with Crippen LogP contribution < -0.4 is 5.32 Å². The average molecular weight is 387 g/mol. The van der Waals surface area contributed by atoms with Gasteiger partial charge in [-0.15, -0.1) is 12.6 Å². The lowest BCUT2D eigenvalue weighted by Crippen LogP contribution is -2.12. The normalized spacial score (nSPS) is 10.2. The van der Waals surface area contributed by atoms with E-state index in [1.807, 2.05) is 30.3 Å². The predicted octanol–water partition coefficient (Wildman–Crippen LogP) is 4.75. The highest BCUT2D eigenvalue weighted by Crippen LogP contribution is 2.22. The number of carbonyl (C=O) groups is 1. The molecular formula is C13H9Br2NOS. The molecule has 0 heterocycles. The van der Waals surface area contributed by atoms with E-state index in [2.05, 4.69) is 49.8 Å². The molecule has 2 aromatic rings. The Hall–Kier alpha value is -0.780. The van der Waals surface area contributed by atoms with Gasteiger partial charge in [0, 0.05) is 19.5 Å². The van der Waals surface area contributed by atoms with Crippen molar-refractivity contribution in [3.8, 4) is 0 Å². The Balaban J connectivity index is 2.24. The number of halogens is 2. The Kier molecular flexibility index (Phi) is 4.48. The highest BCUT2D eigenvalue weighted by atomic mass is 79.9. The van der Waals surface area contributed by atoms with Crippen molar-refractivity contribution in [1.29, 1.82) is 0 Å². The summed E-state index contributed by atoms with van der Waals surface area (Å²) in [4.78, 5) is 12.9. The molecule has 0 radical (unpaired) electrons. The molecule has 0 unspecified atom stereocenters. The van der Waals surface area contributed by atoms with Gasteiger partial charge in [-0.2, -0.15) is 0 Å². The first-order valence-corrected chi connectivity index (χ1v) is 7.15. The summed E-state index contributed by atoms with van der Waals surface area (Å²) in [6.07, 6.45) is 0. The molecule has 5 heteroatoms. The molecule has 2 aromatic carbocycles. The van der Waals surface area contributed by atoms with E-state index >= 15 is 0 Å². The maximum Gasteiger partial charge on any atom is 0.256 e. The Labute approximate surface area is 127 Å². The van der Waals surface area contributed by atoms with Crippen LogP contribution in [0, 0.1) is 0 Å². The van der Waals surface area contributed by atoms with Crippen LogP contribution in [0.4, 0.5) is 5.69 Å². The molecule has 2 rings (SSSR count). The highest BCUT2D eigenvalue weighted by molar-refractivity contribution is 9.10. The van der Waals surface area contributed by atoms with Crippen LogP contribution in [-0.2, 0) is 0 Å². The number of thiol groups is 1. The van der Waals surface area contributed by atoms with Crippen molar-refractivity contribution in [1.82, 2.24) is 0 Å². The van der Waals surface area contributed by atoms with Crippen LogP contribution in [0.25, 0.3) is 0 Å². The fourth-order valence-corrected chi connectivity index (χ4v) is 2.48. The van der Waals surface area contributed by atoms with Crippen LogP contribution in [0.3, 0.4) is 0 Å². The zero-order chi connectivity index (χ0) is 13.1. The molecule has 2 nitrogen and oxygen atoms in total. The molecule has 1 amide bonds. The second-order valence-corrected chi connectivity index (χ2v) is 5.92. The Morgan fingerprint density at radius 3 is 2.61 bits per heavy atom. The highest BCUT2D eigenvalue weighted by Gasteiger charge is 2.10. The lowest BCUT2D eigenvalue weighted by molar-refractivity contribution is 0.102. The Morgan fingerprint density at radius 1 is 1.11 bits per heavy atom. The van der Waals surface area contributed by atoms with E-state index in [0.29, 0.717) is 5.56 Å². The van der Waals surface area contributed by atoms with Crippen LogP contribution in [0.5, 0.6) is 0 Å². The van der Waals surface area contributed by atoms with E-state index in [4.69, 9.17) is 0 Å². The lowest BCUT2D eigenvalue weighted by Gasteiger charge is -2.07. The minimum absolute atomic E-state index is 0.170. The first-order chi connectivity index (χ1) is 8.56. The van der Waals surface area contributed by atoms with Crippen molar-refractivity contribution in [2.75, 3.05) is 5.32 Å². The smallest absolute Gasteiger partial charge is 0.256 e. The van der Waals surface area contributed by atoms with E-state index < -0.39 is 0 Å². The molecule has 0 saturated heterocycles. The van der Waals surface area contributed by atoms with Crippen molar-refractivity contribution in [2.45, 2.75) is 4.90 Å². The number of rotatable bonds is 2. The first-order valence-electron chi connectivity index (χ1n) is 5.12. The third kappa shape index (κ3) is 3.37. The zero-order valence-electron chi connectivity index (χ0n) is 9.15. The van der Waals surface area contributed by atoms with Crippen LogP contribution in [0.15, 0.2) is 56.3 Å². The molecule has 0 bridgehead atoms. The molecule has 0 fully saturated rings. The van der Waals surface area contributed by atoms with Crippen LogP contribution in [0.1, 0.15) is 10.4 Å². The number of amides is 1.